The number of hydrogen-bond acceptors (Lipinski definition) is 4. The maximum atomic E-state index is 12.8. The van der Waals surface area contributed by atoms with Crippen molar-refractivity contribution in [2.24, 2.45) is 5.73 Å². The number of primary amides is 1. The lowest BCUT2D eigenvalue weighted by Crippen LogP contribution is -2.60. The first-order valence-electron chi connectivity index (χ1n) is 7.94. The van der Waals surface area contributed by atoms with E-state index >= 15 is 0 Å². The van der Waals surface area contributed by atoms with Gasteiger partial charge in [0.15, 0.2) is 0 Å². The summed E-state index contributed by atoms with van der Waals surface area (Å²) in [5.41, 5.74) is 6.59. The molecule has 0 spiro atoms. The van der Waals surface area contributed by atoms with Crippen molar-refractivity contribution >= 4 is 28.6 Å². The zero-order chi connectivity index (χ0) is 18.1. The Kier molecular flexibility index (Phi) is 4.35. The van der Waals surface area contributed by atoms with Crippen LogP contribution in [0.2, 0.25) is 0 Å². The van der Waals surface area contributed by atoms with E-state index in [9.17, 15) is 14.4 Å². The number of rotatable bonds is 3. The highest BCUT2D eigenvalue weighted by Gasteiger charge is 2.35. The minimum absolute atomic E-state index is 0.0836. The minimum atomic E-state index is -0.811. The van der Waals surface area contributed by atoms with Crippen LogP contribution in [0, 0.1) is 0 Å². The van der Waals surface area contributed by atoms with Crippen molar-refractivity contribution in [3.05, 3.63) is 30.0 Å². The van der Waals surface area contributed by atoms with E-state index in [0.29, 0.717) is 18.0 Å². The van der Waals surface area contributed by atoms with E-state index in [1.807, 2.05) is 18.2 Å². The molecular weight excluding hydrogens is 324 g/mol. The molecule has 1 aliphatic heterocycles. The van der Waals surface area contributed by atoms with E-state index in [1.165, 1.54) is 16.7 Å². The molecule has 3 amide bonds. The van der Waals surface area contributed by atoms with Crippen molar-refractivity contribution in [2.45, 2.75) is 13.0 Å². The summed E-state index contributed by atoms with van der Waals surface area (Å²) in [7, 11) is 1.57. The summed E-state index contributed by atoms with van der Waals surface area (Å²) in [5.74, 6) is -0.422. The van der Waals surface area contributed by atoms with Crippen LogP contribution in [-0.2, 0) is 9.59 Å². The predicted octanol–water partition coefficient (Wildman–Crippen LogP) is 0.335. The molecule has 2 aromatic rings. The molecule has 25 heavy (non-hydrogen) atoms. The third-order valence-corrected chi connectivity index (χ3v) is 4.47. The van der Waals surface area contributed by atoms with E-state index in [2.05, 4.69) is 4.98 Å². The number of nitrogens with one attached hydrogen (secondary N) is 1. The molecule has 1 aromatic heterocycles. The van der Waals surface area contributed by atoms with Gasteiger partial charge in [-0.25, -0.2) is 0 Å². The van der Waals surface area contributed by atoms with Crippen LogP contribution in [0.15, 0.2) is 24.3 Å². The van der Waals surface area contributed by atoms with Crippen LogP contribution >= 0.6 is 0 Å². The third-order valence-electron chi connectivity index (χ3n) is 4.47. The molecule has 1 saturated heterocycles. The maximum absolute atomic E-state index is 12.8. The molecular formula is C17H20N4O4. The number of piperazine rings is 1. The Morgan fingerprint density at radius 2 is 2.04 bits per heavy atom. The van der Waals surface area contributed by atoms with E-state index < -0.39 is 11.9 Å². The molecule has 1 fully saturated rings. The Hall–Kier alpha value is -3.03. The largest absolute Gasteiger partial charge is 0.496 e. The smallest absolute Gasteiger partial charge is 0.270 e. The Morgan fingerprint density at radius 3 is 2.68 bits per heavy atom. The van der Waals surface area contributed by atoms with Gasteiger partial charge in [-0.3, -0.25) is 14.4 Å². The highest BCUT2D eigenvalue weighted by Crippen LogP contribution is 2.26. The zero-order valence-corrected chi connectivity index (χ0v) is 14.1. The molecule has 1 aromatic carbocycles. The van der Waals surface area contributed by atoms with Crippen LogP contribution < -0.4 is 10.5 Å². The van der Waals surface area contributed by atoms with Crippen molar-refractivity contribution in [1.29, 1.82) is 0 Å². The molecule has 8 nitrogen and oxygen atoms in total. The molecule has 8 heteroatoms. The second-order valence-corrected chi connectivity index (χ2v) is 5.99. The second kappa shape index (κ2) is 6.46. The van der Waals surface area contributed by atoms with Crippen LogP contribution in [0.4, 0.5) is 0 Å². The summed E-state index contributed by atoms with van der Waals surface area (Å²) >= 11 is 0. The fourth-order valence-electron chi connectivity index (χ4n) is 3.18. The Balaban J connectivity index is 1.86. The quantitative estimate of drug-likeness (QED) is 0.836. The number of carbonyl (C=O) groups excluding carboxylic acids is 3. The van der Waals surface area contributed by atoms with Crippen LogP contribution in [0.1, 0.15) is 17.4 Å². The van der Waals surface area contributed by atoms with Crippen LogP contribution in [0.5, 0.6) is 5.75 Å². The lowest BCUT2D eigenvalue weighted by Gasteiger charge is -2.39. The average Bonchev–Trinajstić information content (AvgIpc) is 3.04. The van der Waals surface area contributed by atoms with E-state index in [-0.39, 0.29) is 24.9 Å². The van der Waals surface area contributed by atoms with Crippen LogP contribution in [0.25, 0.3) is 10.9 Å². The summed E-state index contributed by atoms with van der Waals surface area (Å²) in [6, 6.07) is 6.43. The zero-order valence-electron chi connectivity index (χ0n) is 14.1. The van der Waals surface area contributed by atoms with Gasteiger partial charge in [0.05, 0.1) is 13.7 Å². The van der Waals surface area contributed by atoms with Gasteiger partial charge in [0.2, 0.25) is 11.8 Å². The second-order valence-electron chi connectivity index (χ2n) is 5.99. The molecule has 3 rings (SSSR count). The van der Waals surface area contributed by atoms with Crippen LogP contribution in [-0.4, -0.2) is 65.3 Å². The van der Waals surface area contributed by atoms with Gasteiger partial charge in [-0.1, -0.05) is 6.07 Å². The Morgan fingerprint density at radius 1 is 1.28 bits per heavy atom. The first-order chi connectivity index (χ1) is 11.9. The standard InChI is InChI=1S/C17H20N4O4/c1-10(22)21-7-6-20(9-14(21)16(18)23)17(24)13-8-11-12(19-13)4-3-5-15(11)25-2/h3-5,8,14,19H,6-7,9H2,1-2H3,(H2,18,23)/t14-/m1/s1. The number of aromatic nitrogens is 1. The number of hydrogen-bond donors (Lipinski definition) is 2. The monoisotopic (exact) mass is 344 g/mol. The molecule has 2 heterocycles. The van der Waals surface area contributed by atoms with Crippen molar-refractivity contribution in [2.75, 3.05) is 26.7 Å². The fraction of sp³-hybridized carbons (Fsp3) is 0.353. The summed E-state index contributed by atoms with van der Waals surface area (Å²) in [6.07, 6.45) is 0. The topological polar surface area (TPSA) is 109 Å². The molecule has 3 N–H and O–H groups in total. The molecule has 0 unspecified atom stereocenters. The normalized spacial score (nSPS) is 17.6. The van der Waals surface area contributed by atoms with Crippen molar-refractivity contribution in [3.8, 4) is 5.75 Å². The lowest BCUT2D eigenvalue weighted by atomic mass is 10.1. The van der Waals surface area contributed by atoms with Gasteiger partial charge in [-0.05, 0) is 18.2 Å². The molecule has 0 aliphatic carbocycles. The van der Waals surface area contributed by atoms with Gasteiger partial charge < -0.3 is 25.3 Å². The minimum Gasteiger partial charge on any atom is -0.496 e. The number of carbonyl (C=O) groups is 3. The lowest BCUT2D eigenvalue weighted by molar-refractivity contribution is -0.140. The van der Waals surface area contributed by atoms with Gasteiger partial charge in [-0.2, -0.15) is 0 Å². The van der Waals surface area contributed by atoms with Gasteiger partial charge >= 0.3 is 0 Å². The molecule has 132 valence electrons. The van der Waals surface area contributed by atoms with Crippen LogP contribution in [0.3, 0.4) is 0 Å². The van der Waals surface area contributed by atoms with Gasteiger partial charge in [0.25, 0.3) is 5.91 Å². The number of ether oxygens (including phenoxy) is 1. The van der Waals surface area contributed by atoms with E-state index in [1.54, 1.807) is 13.2 Å². The summed E-state index contributed by atoms with van der Waals surface area (Å²) < 4.78 is 5.30. The number of aromatic amines is 1. The number of nitrogens with two attached hydrogens (primary N) is 1. The number of nitrogens with zero attached hydrogens (tertiary/aromatic N) is 2. The summed E-state index contributed by atoms with van der Waals surface area (Å²) in [6.45, 7) is 2.09. The Bertz CT molecular complexity index is 844. The predicted molar refractivity (Wildman–Crippen MR) is 91.1 cm³/mol. The number of fused-ring (bicyclic) bond motifs is 1. The highest BCUT2D eigenvalue weighted by atomic mass is 16.5. The van der Waals surface area contributed by atoms with Crippen molar-refractivity contribution < 1.29 is 19.1 Å². The fourth-order valence-corrected chi connectivity index (χ4v) is 3.18. The number of amides is 3. The number of methoxy groups -OCH3 is 1. The first kappa shape index (κ1) is 16.8. The van der Waals surface area contributed by atoms with Crippen molar-refractivity contribution in [1.82, 2.24) is 14.8 Å². The van der Waals surface area contributed by atoms with Gasteiger partial charge in [0.1, 0.15) is 17.5 Å². The highest BCUT2D eigenvalue weighted by molar-refractivity contribution is 6.00. The molecule has 0 radical (unpaired) electrons. The van der Waals surface area contributed by atoms with E-state index in [0.717, 1.165) is 10.9 Å². The third kappa shape index (κ3) is 3.02. The Labute approximate surface area is 144 Å². The average molecular weight is 344 g/mol. The summed E-state index contributed by atoms with van der Waals surface area (Å²) in [5, 5.41) is 0.808. The maximum Gasteiger partial charge on any atom is 0.270 e. The summed E-state index contributed by atoms with van der Waals surface area (Å²) in [4.78, 5) is 42.1. The first-order valence-corrected chi connectivity index (χ1v) is 7.94. The number of benzene rings is 1. The van der Waals surface area contributed by atoms with Gasteiger partial charge in [-0.15, -0.1) is 0 Å². The van der Waals surface area contributed by atoms with E-state index in [4.69, 9.17) is 10.5 Å². The molecule has 0 bridgehead atoms. The number of H-pyrrole nitrogens is 1. The SMILES string of the molecule is COc1cccc2[nH]c(C(=O)N3CCN(C(C)=O)[C@@H](C(N)=O)C3)cc12. The van der Waals surface area contributed by atoms with Gasteiger partial charge in [0, 0.05) is 30.9 Å². The molecule has 1 atom stereocenters. The molecule has 1 aliphatic rings. The molecule has 0 saturated carbocycles. The van der Waals surface area contributed by atoms with Crippen molar-refractivity contribution in [3.63, 3.8) is 0 Å².